The molecule has 1 fully saturated rings. The third-order valence-electron chi connectivity index (χ3n) is 8.53. The average Bonchev–Trinajstić information content (AvgIpc) is 3.48. The van der Waals surface area contributed by atoms with Gasteiger partial charge in [-0.3, -0.25) is 14.5 Å². The number of hydrogen-bond donors (Lipinski definition) is 1. The van der Waals surface area contributed by atoms with E-state index in [1.54, 1.807) is 4.90 Å². The first-order valence-electron chi connectivity index (χ1n) is 16.4. The number of aliphatic carboxylic acids is 1. The van der Waals surface area contributed by atoms with Crippen molar-refractivity contribution < 1.29 is 14.7 Å². The number of thiazole rings is 1. The van der Waals surface area contributed by atoms with E-state index in [2.05, 4.69) is 81.1 Å². The van der Waals surface area contributed by atoms with Gasteiger partial charge in [0.15, 0.2) is 0 Å². The summed E-state index contributed by atoms with van der Waals surface area (Å²) in [6, 6.07) is 18.2. The van der Waals surface area contributed by atoms with Crippen molar-refractivity contribution in [3.05, 3.63) is 70.0 Å². The van der Waals surface area contributed by atoms with Crippen LogP contribution in [0.5, 0.6) is 0 Å². The molecule has 0 aliphatic carbocycles. The summed E-state index contributed by atoms with van der Waals surface area (Å²) in [7, 11) is 0. The van der Waals surface area contributed by atoms with Crippen LogP contribution in [0.4, 0.5) is 5.69 Å². The van der Waals surface area contributed by atoms with E-state index in [1.165, 1.54) is 53.8 Å². The molecular weight excluding hydrogens is 568 g/mol. The van der Waals surface area contributed by atoms with Gasteiger partial charge < -0.3 is 14.9 Å². The number of carbonyl (C=O) groups excluding carboxylic acids is 1. The minimum atomic E-state index is -0.938. The molecule has 1 aliphatic heterocycles. The molecule has 8 heteroatoms. The van der Waals surface area contributed by atoms with Crippen LogP contribution in [0.25, 0.3) is 11.3 Å². The zero-order chi connectivity index (χ0) is 31.5. The lowest BCUT2D eigenvalue weighted by Crippen LogP contribution is -2.43. The summed E-state index contributed by atoms with van der Waals surface area (Å²) in [5, 5.41) is 12.3. The van der Waals surface area contributed by atoms with Crippen molar-refractivity contribution in [1.29, 1.82) is 0 Å². The largest absolute Gasteiger partial charge is 0.480 e. The summed E-state index contributed by atoms with van der Waals surface area (Å²) in [5.41, 5.74) is 5.84. The molecule has 1 aromatic heterocycles. The van der Waals surface area contributed by atoms with Crippen molar-refractivity contribution in [3.63, 3.8) is 0 Å². The van der Waals surface area contributed by atoms with Crippen molar-refractivity contribution in [2.24, 2.45) is 0 Å². The molecule has 3 aromatic rings. The maximum atomic E-state index is 12.8. The Bertz CT molecular complexity index is 1310. The Hall–Kier alpha value is -3.23. The molecule has 238 valence electrons. The SMILES string of the molecule is CCCC(CCC)c1ccc(N(Cc2ccc(-c3csc(CN(CC(=O)O)CC(=O)N4CCCCC4)n3)cc2)C(C)C)cc1. The fraction of sp³-hybridized carbons (Fsp3) is 0.528. The van der Waals surface area contributed by atoms with E-state index in [0.717, 1.165) is 55.2 Å². The maximum absolute atomic E-state index is 12.8. The Morgan fingerprint density at radius 2 is 1.57 bits per heavy atom. The molecule has 1 N–H and O–H groups in total. The number of carboxylic acid groups (broad SMARTS) is 1. The van der Waals surface area contributed by atoms with E-state index in [-0.39, 0.29) is 19.0 Å². The molecule has 0 unspecified atom stereocenters. The fourth-order valence-corrected chi connectivity index (χ4v) is 7.01. The monoisotopic (exact) mass is 618 g/mol. The number of nitrogens with zero attached hydrogens (tertiary/aromatic N) is 4. The fourth-order valence-electron chi connectivity index (χ4n) is 6.16. The molecule has 0 bridgehead atoms. The van der Waals surface area contributed by atoms with Gasteiger partial charge in [0, 0.05) is 42.3 Å². The van der Waals surface area contributed by atoms with Gasteiger partial charge in [-0.05, 0) is 75.1 Å². The van der Waals surface area contributed by atoms with Crippen LogP contribution in [0.15, 0.2) is 53.9 Å². The molecule has 1 amide bonds. The van der Waals surface area contributed by atoms with Gasteiger partial charge in [-0.2, -0.15) is 0 Å². The molecule has 0 radical (unpaired) electrons. The second-order valence-electron chi connectivity index (χ2n) is 12.4. The Morgan fingerprint density at radius 3 is 2.16 bits per heavy atom. The quantitative estimate of drug-likeness (QED) is 0.177. The predicted octanol–water partition coefficient (Wildman–Crippen LogP) is 7.81. The highest BCUT2D eigenvalue weighted by atomic mass is 32.1. The van der Waals surface area contributed by atoms with Gasteiger partial charge in [-0.25, -0.2) is 4.98 Å². The van der Waals surface area contributed by atoms with Gasteiger partial charge in [0.1, 0.15) is 5.01 Å². The Balaban J connectivity index is 1.39. The standard InChI is InChI=1S/C36H50N4O3S/c1-5-10-29(11-6-2)30-16-18-32(19-17-30)40(27(3)4)22-28-12-14-31(15-13-28)33-26-44-34(37-33)23-38(25-36(42)43)24-35(41)39-20-8-7-9-21-39/h12-19,26-27,29H,5-11,20-25H2,1-4H3,(H,42,43). The zero-order valence-electron chi connectivity index (χ0n) is 27.0. The van der Waals surface area contributed by atoms with E-state index < -0.39 is 5.97 Å². The Labute approximate surface area is 267 Å². The number of piperidine rings is 1. The molecule has 7 nitrogen and oxygen atoms in total. The van der Waals surface area contributed by atoms with E-state index in [9.17, 15) is 14.7 Å². The molecule has 0 spiro atoms. The molecule has 0 atom stereocenters. The minimum Gasteiger partial charge on any atom is -0.480 e. The smallest absolute Gasteiger partial charge is 0.317 e. The lowest BCUT2D eigenvalue weighted by atomic mass is 9.90. The van der Waals surface area contributed by atoms with E-state index in [4.69, 9.17) is 4.98 Å². The number of carboxylic acids is 1. The highest BCUT2D eigenvalue weighted by molar-refractivity contribution is 7.09. The first-order valence-corrected chi connectivity index (χ1v) is 17.3. The molecule has 2 heterocycles. The first-order chi connectivity index (χ1) is 21.3. The van der Waals surface area contributed by atoms with Crippen molar-refractivity contribution in [1.82, 2.24) is 14.8 Å². The number of anilines is 1. The van der Waals surface area contributed by atoms with Crippen molar-refractivity contribution >= 4 is 28.9 Å². The van der Waals surface area contributed by atoms with Crippen LogP contribution < -0.4 is 4.90 Å². The summed E-state index contributed by atoms with van der Waals surface area (Å²) in [6.45, 7) is 11.6. The van der Waals surface area contributed by atoms with Crippen molar-refractivity contribution in [2.75, 3.05) is 31.1 Å². The molecule has 44 heavy (non-hydrogen) atoms. The number of hydrogen-bond acceptors (Lipinski definition) is 6. The molecular formula is C36H50N4O3S. The lowest BCUT2D eigenvalue weighted by Gasteiger charge is -2.30. The molecule has 4 rings (SSSR count). The van der Waals surface area contributed by atoms with Gasteiger partial charge in [0.25, 0.3) is 0 Å². The number of benzene rings is 2. The van der Waals surface area contributed by atoms with Crippen LogP contribution in [0, 0.1) is 0 Å². The predicted molar refractivity (Wildman–Crippen MR) is 181 cm³/mol. The van der Waals surface area contributed by atoms with Crippen molar-refractivity contribution in [3.8, 4) is 11.3 Å². The van der Waals surface area contributed by atoms with Gasteiger partial charge in [-0.15, -0.1) is 11.3 Å². The highest BCUT2D eigenvalue weighted by Crippen LogP contribution is 2.30. The van der Waals surface area contributed by atoms with Gasteiger partial charge in [0.2, 0.25) is 5.91 Å². The second kappa shape index (κ2) is 16.7. The Kier molecular flexibility index (Phi) is 12.8. The van der Waals surface area contributed by atoms with Gasteiger partial charge in [0.05, 0.1) is 25.3 Å². The topological polar surface area (TPSA) is 77.0 Å². The van der Waals surface area contributed by atoms with Crippen LogP contribution in [-0.4, -0.2) is 64.0 Å². The number of carbonyl (C=O) groups is 2. The second-order valence-corrected chi connectivity index (χ2v) is 13.3. The third kappa shape index (κ3) is 9.63. The lowest BCUT2D eigenvalue weighted by molar-refractivity contribution is -0.140. The molecule has 2 aromatic carbocycles. The number of likely N-dealkylation sites (tertiary alicyclic amines) is 1. The van der Waals surface area contributed by atoms with Crippen LogP contribution in [0.2, 0.25) is 0 Å². The minimum absolute atomic E-state index is 0.00174. The van der Waals surface area contributed by atoms with Crippen LogP contribution in [0.3, 0.4) is 0 Å². The van der Waals surface area contributed by atoms with Crippen LogP contribution in [-0.2, 0) is 22.7 Å². The summed E-state index contributed by atoms with van der Waals surface area (Å²) >= 11 is 1.51. The molecule has 0 saturated carbocycles. The van der Waals surface area contributed by atoms with E-state index in [0.29, 0.717) is 18.5 Å². The van der Waals surface area contributed by atoms with Crippen molar-refractivity contribution in [2.45, 2.75) is 97.7 Å². The van der Waals surface area contributed by atoms with Gasteiger partial charge >= 0.3 is 5.97 Å². The number of amides is 1. The number of rotatable bonds is 16. The van der Waals surface area contributed by atoms with Gasteiger partial charge in [-0.1, -0.05) is 63.1 Å². The normalized spacial score (nSPS) is 13.7. The molecule has 1 aliphatic rings. The maximum Gasteiger partial charge on any atom is 0.317 e. The zero-order valence-corrected chi connectivity index (χ0v) is 27.8. The van der Waals surface area contributed by atoms with Crippen LogP contribution in [0.1, 0.15) is 94.7 Å². The number of aromatic nitrogens is 1. The van der Waals surface area contributed by atoms with Crippen LogP contribution >= 0.6 is 11.3 Å². The highest BCUT2D eigenvalue weighted by Gasteiger charge is 2.22. The van der Waals surface area contributed by atoms with E-state index in [1.807, 2.05) is 10.3 Å². The Morgan fingerprint density at radius 1 is 0.909 bits per heavy atom. The molecule has 1 saturated heterocycles. The average molecular weight is 619 g/mol. The summed E-state index contributed by atoms with van der Waals surface area (Å²) < 4.78 is 0. The summed E-state index contributed by atoms with van der Waals surface area (Å²) in [6.07, 6.45) is 8.09. The summed E-state index contributed by atoms with van der Waals surface area (Å²) in [4.78, 5) is 35.1. The third-order valence-corrected chi connectivity index (χ3v) is 9.37. The summed E-state index contributed by atoms with van der Waals surface area (Å²) in [5.74, 6) is -0.290. The van der Waals surface area contributed by atoms with E-state index >= 15 is 0 Å². The first kappa shape index (κ1) is 33.7.